The van der Waals surface area contributed by atoms with Crippen LogP contribution in [0, 0.1) is 0 Å². The van der Waals surface area contributed by atoms with Gasteiger partial charge in [-0.3, -0.25) is 9.67 Å². The van der Waals surface area contributed by atoms with Crippen LogP contribution in [0.3, 0.4) is 0 Å². The van der Waals surface area contributed by atoms with Crippen LogP contribution in [0.4, 0.5) is 11.8 Å². The molecule has 11 heteroatoms. The fourth-order valence-electron chi connectivity index (χ4n) is 6.01. The number of nitrogens with zero attached hydrogens (tertiary/aromatic N) is 6. The van der Waals surface area contributed by atoms with Gasteiger partial charge in [-0.05, 0) is 63.7 Å². The van der Waals surface area contributed by atoms with Crippen LogP contribution in [-0.2, 0) is 11.3 Å². The number of pyridine rings is 1. The molecule has 2 aliphatic heterocycles. The van der Waals surface area contributed by atoms with Gasteiger partial charge in [0.1, 0.15) is 22.5 Å². The lowest BCUT2D eigenvalue weighted by molar-refractivity contribution is 0.0250. The van der Waals surface area contributed by atoms with Gasteiger partial charge in [0, 0.05) is 43.5 Å². The van der Waals surface area contributed by atoms with Crippen LogP contribution >= 0.6 is 0 Å². The maximum absolute atomic E-state index is 9.55. The van der Waals surface area contributed by atoms with E-state index in [2.05, 4.69) is 38.3 Å². The Balaban J connectivity index is 1.37. The molecule has 0 amide bonds. The Morgan fingerprint density at radius 3 is 2.64 bits per heavy atom. The normalized spacial score (nSPS) is 18.4. The lowest BCUT2D eigenvalue weighted by Gasteiger charge is -2.39. The molecule has 4 N–H and O–H groups in total. The number of ether oxygens (including phenoxy) is 2. The van der Waals surface area contributed by atoms with E-state index in [1.807, 2.05) is 10.7 Å². The second-order valence-electron chi connectivity index (χ2n) is 10.6. The van der Waals surface area contributed by atoms with Gasteiger partial charge >= 0.3 is 0 Å². The summed E-state index contributed by atoms with van der Waals surface area (Å²) in [5.74, 6) is 1.97. The number of nitrogen functional groups attached to an aromatic ring is 1. The summed E-state index contributed by atoms with van der Waals surface area (Å²) in [5.41, 5.74) is 9.40. The Bertz CT molecular complexity index is 1210. The minimum Gasteiger partial charge on any atom is -0.495 e. The lowest BCUT2D eigenvalue weighted by Crippen LogP contribution is -2.43. The van der Waals surface area contributed by atoms with E-state index in [1.165, 1.54) is 0 Å². The van der Waals surface area contributed by atoms with E-state index in [0.29, 0.717) is 36.3 Å². The highest BCUT2D eigenvalue weighted by atomic mass is 16.5. The standard InChI is InChI=1S/C28H42N8O3/c1-3-4-20(9-14-37)31-27-26-23(33-28(29)34-27)17-30-36(26)18-24-25(38-2)6-5-22(32-24)19-7-12-35(13-8-19)21-10-15-39-16-11-21/h5-6,17,19-21,37H,3-4,7-16,18H2,1-2H3,(H3,29,31,33,34). The quantitative estimate of drug-likeness (QED) is 0.334. The number of fused-ring (bicyclic) bond motifs is 1. The molecular formula is C28H42N8O3. The highest BCUT2D eigenvalue weighted by molar-refractivity contribution is 5.86. The van der Waals surface area contributed by atoms with E-state index in [9.17, 15) is 5.11 Å². The minimum atomic E-state index is 0.0730. The summed E-state index contributed by atoms with van der Waals surface area (Å²) in [6.45, 7) is 6.60. The number of methoxy groups -OCH3 is 1. The van der Waals surface area contributed by atoms with Crippen molar-refractivity contribution in [2.45, 2.75) is 76.4 Å². The summed E-state index contributed by atoms with van der Waals surface area (Å²) in [7, 11) is 1.68. The van der Waals surface area contributed by atoms with E-state index in [-0.39, 0.29) is 18.6 Å². The summed E-state index contributed by atoms with van der Waals surface area (Å²) in [6.07, 6.45) is 8.71. The van der Waals surface area contributed by atoms with Crippen molar-refractivity contribution >= 4 is 22.8 Å². The summed E-state index contributed by atoms with van der Waals surface area (Å²) in [5, 5.41) is 17.7. The Morgan fingerprint density at radius 1 is 1.13 bits per heavy atom. The number of rotatable bonds is 11. The third-order valence-electron chi connectivity index (χ3n) is 8.09. The smallest absolute Gasteiger partial charge is 0.222 e. The zero-order chi connectivity index (χ0) is 27.2. The molecule has 0 aliphatic carbocycles. The number of likely N-dealkylation sites (tertiary alicyclic amines) is 1. The molecular weight excluding hydrogens is 496 g/mol. The van der Waals surface area contributed by atoms with E-state index in [1.54, 1.807) is 13.3 Å². The van der Waals surface area contributed by atoms with E-state index < -0.39 is 0 Å². The van der Waals surface area contributed by atoms with Gasteiger partial charge in [0.15, 0.2) is 5.82 Å². The molecule has 2 saturated heterocycles. The Labute approximate surface area is 230 Å². The molecule has 3 aromatic heterocycles. The fraction of sp³-hybridized carbons (Fsp3) is 0.643. The molecule has 0 saturated carbocycles. The second kappa shape index (κ2) is 12.9. The SMILES string of the molecule is CCCC(CCO)Nc1nc(N)nc2cnn(Cc3nc(C4CCN(C5CCOCC5)CC4)ccc3OC)c12. The van der Waals surface area contributed by atoms with Crippen molar-refractivity contribution in [3.8, 4) is 5.75 Å². The zero-order valence-corrected chi connectivity index (χ0v) is 23.2. The summed E-state index contributed by atoms with van der Waals surface area (Å²) < 4.78 is 13.1. The molecule has 0 aromatic carbocycles. The predicted molar refractivity (Wildman–Crippen MR) is 151 cm³/mol. The van der Waals surface area contributed by atoms with Crippen molar-refractivity contribution in [3.63, 3.8) is 0 Å². The molecule has 5 rings (SSSR count). The molecule has 2 aliphatic rings. The highest BCUT2D eigenvalue weighted by Crippen LogP contribution is 2.32. The maximum atomic E-state index is 9.55. The van der Waals surface area contributed by atoms with Crippen molar-refractivity contribution in [1.29, 1.82) is 0 Å². The van der Waals surface area contributed by atoms with E-state index in [4.69, 9.17) is 20.2 Å². The first-order valence-electron chi connectivity index (χ1n) is 14.3. The van der Waals surface area contributed by atoms with Gasteiger partial charge in [-0.25, -0.2) is 4.98 Å². The van der Waals surface area contributed by atoms with Crippen LogP contribution in [-0.4, -0.2) is 86.8 Å². The molecule has 2 fully saturated rings. The average Bonchev–Trinajstić information content (AvgIpc) is 3.36. The molecule has 0 spiro atoms. The van der Waals surface area contributed by atoms with Crippen LogP contribution < -0.4 is 15.8 Å². The molecule has 212 valence electrons. The monoisotopic (exact) mass is 538 g/mol. The van der Waals surface area contributed by atoms with Crippen molar-refractivity contribution in [1.82, 2.24) is 29.6 Å². The molecule has 0 radical (unpaired) electrons. The Morgan fingerprint density at radius 2 is 1.92 bits per heavy atom. The number of aliphatic hydroxyl groups excluding tert-OH is 1. The van der Waals surface area contributed by atoms with Crippen molar-refractivity contribution < 1.29 is 14.6 Å². The van der Waals surface area contributed by atoms with Crippen LogP contribution in [0.5, 0.6) is 5.75 Å². The third-order valence-corrected chi connectivity index (χ3v) is 8.09. The molecule has 5 heterocycles. The molecule has 1 unspecified atom stereocenters. The van der Waals surface area contributed by atoms with Crippen LogP contribution in [0.1, 0.15) is 69.2 Å². The summed E-state index contributed by atoms with van der Waals surface area (Å²) >= 11 is 0. The first kappa shape index (κ1) is 27.5. The summed E-state index contributed by atoms with van der Waals surface area (Å²) in [4.78, 5) is 16.7. The first-order chi connectivity index (χ1) is 19.1. The third kappa shape index (κ3) is 6.42. The number of aromatic nitrogens is 5. The zero-order valence-electron chi connectivity index (χ0n) is 23.2. The first-order valence-corrected chi connectivity index (χ1v) is 14.3. The fourth-order valence-corrected chi connectivity index (χ4v) is 6.01. The van der Waals surface area contributed by atoms with Crippen LogP contribution in [0.25, 0.3) is 11.0 Å². The van der Waals surface area contributed by atoms with Crippen molar-refractivity contribution in [2.75, 3.05) is 51.1 Å². The second-order valence-corrected chi connectivity index (χ2v) is 10.6. The molecule has 39 heavy (non-hydrogen) atoms. The molecule has 0 bridgehead atoms. The predicted octanol–water partition coefficient (Wildman–Crippen LogP) is 3.18. The summed E-state index contributed by atoms with van der Waals surface area (Å²) in [6, 6.07) is 4.86. The maximum Gasteiger partial charge on any atom is 0.222 e. The number of hydrogen-bond acceptors (Lipinski definition) is 10. The number of anilines is 2. The van der Waals surface area contributed by atoms with E-state index in [0.717, 1.165) is 87.5 Å². The number of aliphatic hydroxyl groups is 1. The van der Waals surface area contributed by atoms with Crippen LogP contribution in [0.2, 0.25) is 0 Å². The van der Waals surface area contributed by atoms with Gasteiger partial charge in [0.25, 0.3) is 0 Å². The largest absolute Gasteiger partial charge is 0.495 e. The number of hydrogen-bond donors (Lipinski definition) is 3. The minimum absolute atomic E-state index is 0.0730. The van der Waals surface area contributed by atoms with E-state index >= 15 is 0 Å². The van der Waals surface area contributed by atoms with Gasteiger partial charge in [-0.15, -0.1) is 0 Å². The number of nitrogens with two attached hydrogens (primary N) is 1. The van der Waals surface area contributed by atoms with Gasteiger partial charge < -0.3 is 30.5 Å². The van der Waals surface area contributed by atoms with Gasteiger partial charge in [0.2, 0.25) is 5.95 Å². The topological polar surface area (TPSA) is 136 Å². The van der Waals surface area contributed by atoms with Gasteiger partial charge in [0.05, 0.1) is 19.9 Å². The molecule has 3 aromatic rings. The van der Waals surface area contributed by atoms with Gasteiger partial charge in [-0.1, -0.05) is 13.3 Å². The van der Waals surface area contributed by atoms with Crippen molar-refractivity contribution in [2.24, 2.45) is 0 Å². The molecule has 11 nitrogen and oxygen atoms in total. The Kier molecular flexibility index (Phi) is 9.10. The van der Waals surface area contributed by atoms with Crippen LogP contribution in [0.15, 0.2) is 18.3 Å². The average molecular weight is 539 g/mol. The number of nitrogens with one attached hydrogen (secondary N) is 1. The Hall–Kier alpha value is -3.02. The molecule has 1 atom stereocenters. The lowest BCUT2D eigenvalue weighted by atomic mass is 9.91. The highest BCUT2D eigenvalue weighted by Gasteiger charge is 2.28. The van der Waals surface area contributed by atoms with Crippen molar-refractivity contribution in [3.05, 3.63) is 29.7 Å². The number of piperidine rings is 1. The van der Waals surface area contributed by atoms with Gasteiger partial charge in [-0.2, -0.15) is 10.1 Å².